The van der Waals surface area contributed by atoms with Crippen LogP contribution in [0.1, 0.15) is 32.6 Å². The van der Waals surface area contributed by atoms with E-state index in [1.165, 1.54) is 25.7 Å². The highest BCUT2D eigenvalue weighted by atomic mass is 35.5. The Bertz CT molecular complexity index is 375. The first-order valence-corrected chi connectivity index (χ1v) is 7.17. The third-order valence-corrected chi connectivity index (χ3v) is 4.14. The lowest BCUT2D eigenvalue weighted by Crippen LogP contribution is -2.37. The number of ether oxygens (including phenoxy) is 1. The van der Waals surface area contributed by atoms with Gasteiger partial charge in [0.15, 0.2) is 0 Å². The summed E-state index contributed by atoms with van der Waals surface area (Å²) in [4.78, 5) is 0. The molecule has 0 aliphatic heterocycles. The van der Waals surface area contributed by atoms with Gasteiger partial charge in [-0.05, 0) is 42.9 Å². The predicted octanol–water partition coefficient (Wildman–Crippen LogP) is 3.87. The standard InChI is InChI=1S/C15H22ClNO/c1-11-5-7-12(8-6-11)15(17)10-18-14-4-2-3-13(16)9-14/h2-4,9,11-12,15H,5-8,10,17H2,1H3. The van der Waals surface area contributed by atoms with E-state index in [4.69, 9.17) is 22.1 Å². The Hall–Kier alpha value is -0.730. The highest BCUT2D eigenvalue weighted by Crippen LogP contribution is 2.30. The van der Waals surface area contributed by atoms with Crippen molar-refractivity contribution in [2.24, 2.45) is 17.6 Å². The molecule has 2 N–H and O–H groups in total. The molecular formula is C15H22ClNO. The SMILES string of the molecule is CC1CCC(C(N)COc2cccc(Cl)c2)CC1. The van der Waals surface area contributed by atoms with E-state index in [-0.39, 0.29) is 6.04 Å². The number of hydrogen-bond acceptors (Lipinski definition) is 2. The van der Waals surface area contributed by atoms with Crippen molar-refractivity contribution in [1.29, 1.82) is 0 Å². The molecule has 100 valence electrons. The summed E-state index contributed by atoms with van der Waals surface area (Å²) in [5.74, 6) is 2.28. The van der Waals surface area contributed by atoms with Gasteiger partial charge < -0.3 is 10.5 Å². The van der Waals surface area contributed by atoms with Crippen molar-refractivity contribution in [2.45, 2.75) is 38.6 Å². The maximum absolute atomic E-state index is 6.22. The molecule has 1 aromatic carbocycles. The molecule has 18 heavy (non-hydrogen) atoms. The van der Waals surface area contributed by atoms with Gasteiger partial charge in [-0.2, -0.15) is 0 Å². The monoisotopic (exact) mass is 267 g/mol. The van der Waals surface area contributed by atoms with Crippen molar-refractivity contribution in [3.63, 3.8) is 0 Å². The van der Waals surface area contributed by atoms with Crippen LogP contribution in [0.2, 0.25) is 5.02 Å². The van der Waals surface area contributed by atoms with Gasteiger partial charge in [-0.15, -0.1) is 0 Å². The molecule has 0 aromatic heterocycles. The van der Waals surface area contributed by atoms with E-state index < -0.39 is 0 Å². The summed E-state index contributed by atoms with van der Waals surface area (Å²) in [7, 11) is 0. The van der Waals surface area contributed by atoms with Crippen LogP contribution in [0.15, 0.2) is 24.3 Å². The molecule has 1 aliphatic carbocycles. The Morgan fingerprint density at radius 1 is 1.33 bits per heavy atom. The fourth-order valence-electron chi connectivity index (χ4n) is 2.60. The van der Waals surface area contributed by atoms with E-state index >= 15 is 0 Å². The number of benzene rings is 1. The molecule has 2 rings (SSSR count). The average Bonchev–Trinajstić information content (AvgIpc) is 2.37. The van der Waals surface area contributed by atoms with E-state index in [0.29, 0.717) is 17.5 Å². The second kappa shape index (κ2) is 6.44. The van der Waals surface area contributed by atoms with E-state index in [0.717, 1.165) is 11.7 Å². The van der Waals surface area contributed by atoms with Crippen LogP contribution in [-0.4, -0.2) is 12.6 Å². The summed E-state index contributed by atoms with van der Waals surface area (Å²) in [5, 5.41) is 0.701. The molecule has 2 nitrogen and oxygen atoms in total. The summed E-state index contributed by atoms with van der Waals surface area (Å²) in [6.45, 7) is 2.91. The van der Waals surface area contributed by atoms with Crippen LogP contribution in [0.5, 0.6) is 5.75 Å². The third-order valence-electron chi connectivity index (χ3n) is 3.90. The second-order valence-corrected chi connectivity index (χ2v) is 5.89. The minimum absolute atomic E-state index is 0.136. The predicted molar refractivity (Wildman–Crippen MR) is 76.0 cm³/mol. The Balaban J connectivity index is 1.79. The molecular weight excluding hydrogens is 246 g/mol. The highest BCUT2D eigenvalue weighted by molar-refractivity contribution is 6.30. The fourth-order valence-corrected chi connectivity index (χ4v) is 2.78. The molecule has 1 unspecified atom stereocenters. The topological polar surface area (TPSA) is 35.2 Å². The third kappa shape index (κ3) is 3.89. The van der Waals surface area contributed by atoms with Crippen LogP contribution in [0.3, 0.4) is 0 Å². The van der Waals surface area contributed by atoms with E-state index in [2.05, 4.69) is 6.92 Å². The molecule has 0 spiro atoms. The lowest BCUT2D eigenvalue weighted by atomic mass is 9.80. The van der Waals surface area contributed by atoms with Crippen molar-refractivity contribution >= 4 is 11.6 Å². The zero-order chi connectivity index (χ0) is 13.0. The van der Waals surface area contributed by atoms with Crippen LogP contribution in [-0.2, 0) is 0 Å². The summed E-state index contributed by atoms with van der Waals surface area (Å²) in [6.07, 6.45) is 5.08. The zero-order valence-corrected chi connectivity index (χ0v) is 11.7. The van der Waals surface area contributed by atoms with Crippen molar-refractivity contribution in [2.75, 3.05) is 6.61 Å². The first-order valence-electron chi connectivity index (χ1n) is 6.79. The first-order chi connectivity index (χ1) is 8.65. The lowest BCUT2D eigenvalue weighted by molar-refractivity contribution is 0.195. The van der Waals surface area contributed by atoms with E-state index in [1.54, 1.807) is 0 Å². The number of hydrogen-bond donors (Lipinski definition) is 1. The van der Waals surface area contributed by atoms with Crippen LogP contribution < -0.4 is 10.5 Å². The molecule has 3 heteroatoms. The zero-order valence-electron chi connectivity index (χ0n) is 10.9. The summed E-state index contributed by atoms with van der Waals surface area (Å²) in [6, 6.07) is 7.62. The maximum Gasteiger partial charge on any atom is 0.120 e. The molecule has 0 saturated heterocycles. The molecule has 1 atom stereocenters. The first kappa shape index (κ1) is 13.7. The average molecular weight is 268 g/mol. The van der Waals surface area contributed by atoms with E-state index in [1.807, 2.05) is 24.3 Å². The second-order valence-electron chi connectivity index (χ2n) is 5.45. The van der Waals surface area contributed by atoms with Crippen molar-refractivity contribution in [3.8, 4) is 5.75 Å². The largest absolute Gasteiger partial charge is 0.492 e. The van der Waals surface area contributed by atoms with Gasteiger partial charge in [0.25, 0.3) is 0 Å². The van der Waals surface area contributed by atoms with Gasteiger partial charge in [0.2, 0.25) is 0 Å². The summed E-state index contributed by atoms with van der Waals surface area (Å²) in [5.41, 5.74) is 6.22. The van der Waals surface area contributed by atoms with Gasteiger partial charge in [0.05, 0.1) is 0 Å². The Morgan fingerprint density at radius 3 is 2.72 bits per heavy atom. The van der Waals surface area contributed by atoms with Crippen LogP contribution in [0.25, 0.3) is 0 Å². The molecule has 0 radical (unpaired) electrons. The van der Waals surface area contributed by atoms with Crippen molar-refractivity contribution < 1.29 is 4.74 Å². The maximum atomic E-state index is 6.22. The minimum atomic E-state index is 0.136. The van der Waals surface area contributed by atoms with Gasteiger partial charge in [-0.25, -0.2) is 0 Å². The van der Waals surface area contributed by atoms with Gasteiger partial charge in [-0.1, -0.05) is 37.4 Å². The van der Waals surface area contributed by atoms with Crippen molar-refractivity contribution in [1.82, 2.24) is 0 Å². The summed E-state index contributed by atoms with van der Waals surface area (Å²) >= 11 is 5.91. The molecule has 1 aliphatic rings. The molecule has 1 fully saturated rings. The van der Waals surface area contributed by atoms with E-state index in [9.17, 15) is 0 Å². The quantitative estimate of drug-likeness (QED) is 0.899. The molecule has 1 aromatic rings. The normalized spacial score (nSPS) is 25.7. The van der Waals surface area contributed by atoms with Crippen LogP contribution >= 0.6 is 11.6 Å². The van der Waals surface area contributed by atoms with Gasteiger partial charge in [-0.3, -0.25) is 0 Å². The van der Waals surface area contributed by atoms with Gasteiger partial charge in [0.1, 0.15) is 12.4 Å². The Kier molecular flexibility index (Phi) is 4.90. The van der Waals surface area contributed by atoms with Gasteiger partial charge >= 0.3 is 0 Å². The minimum Gasteiger partial charge on any atom is -0.492 e. The Labute approximate surface area is 114 Å². The van der Waals surface area contributed by atoms with Crippen molar-refractivity contribution in [3.05, 3.63) is 29.3 Å². The van der Waals surface area contributed by atoms with Crippen LogP contribution in [0.4, 0.5) is 0 Å². The Morgan fingerprint density at radius 2 is 2.06 bits per heavy atom. The highest BCUT2D eigenvalue weighted by Gasteiger charge is 2.23. The molecule has 0 bridgehead atoms. The van der Waals surface area contributed by atoms with Crippen LogP contribution in [0, 0.1) is 11.8 Å². The smallest absolute Gasteiger partial charge is 0.120 e. The number of rotatable bonds is 4. The number of nitrogens with two attached hydrogens (primary N) is 1. The summed E-state index contributed by atoms with van der Waals surface area (Å²) < 4.78 is 5.72. The fraction of sp³-hybridized carbons (Fsp3) is 0.600. The van der Waals surface area contributed by atoms with Gasteiger partial charge in [0, 0.05) is 11.1 Å². The lowest BCUT2D eigenvalue weighted by Gasteiger charge is -2.30. The molecule has 0 amide bonds. The number of halogens is 1. The molecule has 1 saturated carbocycles. The molecule has 0 heterocycles.